The van der Waals surface area contributed by atoms with Crippen molar-refractivity contribution in [2.75, 3.05) is 13.2 Å². The van der Waals surface area contributed by atoms with Crippen LogP contribution in [0.25, 0.3) is 0 Å². The molecule has 0 heterocycles. The first-order valence-corrected chi connectivity index (χ1v) is 13.3. The van der Waals surface area contributed by atoms with Crippen LogP contribution in [0.4, 0.5) is 0 Å². The summed E-state index contributed by atoms with van der Waals surface area (Å²) in [5.41, 5.74) is 3.74. The zero-order valence-corrected chi connectivity index (χ0v) is 23.1. The van der Waals surface area contributed by atoms with Gasteiger partial charge in [-0.15, -0.1) is 0 Å². The summed E-state index contributed by atoms with van der Waals surface area (Å²) in [5, 5.41) is 3.95. The fourth-order valence-corrected chi connectivity index (χ4v) is 4.61. The molecule has 0 radical (unpaired) electrons. The number of nitrogens with one attached hydrogen (secondary N) is 1. The molecule has 37 heavy (non-hydrogen) atoms. The average Bonchev–Trinajstić information content (AvgIpc) is 2.86. The van der Waals surface area contributed by atoms with Crippen molar-refractivity contribution in [2.24, 2.45) is 0 Å². The third-order valence-corrected chi connectivity index (χ3v) is 6.60. The molecule has 0 saturated heterocycles. The second-order valence-corrected chi connectivity index (χ2v) is 10.1. The number of hydrogen-bond donors (Lipinski definition) is 1. The Morgan fingerprint density at radius 3 is 2.32 bits per heavy atom. The Labute approximate surface area is 229 Å². The predicted molar refractivity (Wildman–Crippen MR) is 150 cm³/mol. The van der Waals surface area contributed by atoms with Gasteiger partial charge in [0, 0.05) is 29.6 Å². The summed E-state index contributed by atoms with van der Waals surface area (Å²) in [6.07, 6.45) is 2.17. The summed E-state index contributed by atoms with van der Waals surface area (Å²) in [6.45, 7) is 6.51. The van der Waals surface area contributed by atoms with Gasteiger partial charge in [0.25, 0.3) is 5.91 Å². The number of unbranched alkanes of at least 4 members (excludes halogenated alkanes) is 1. The van der Waals surface area contributed by atoms with Crippen LogP contribution in [0.1, 0.15) is 42.0 Å². The number of hydrogen-bond acceptors (Lipinski definition) is 3. The lowest BCUT2D eigenvalue weighted by Crippen LogP contribution is -2.51. The third-order valence-electron chi connectivity index (χ3n) is 6.01. The molecule has 1 atom stereocenters. The maximum Gasteiger partial charge on any atom is 0.261 e. The van der Waals surface area contributed by atoms with Crippen LogP contribution < -0.4 is 10.1 Å². The van der Waals surface area contributed by atoms with E-state index in [0.29, 0.717) is 34.3 Å². The maximum absolute atomic E-state index is 13.7. The largest absolute Gasteiger partial charge is 0.484 e. The van der Waals surface area contributed by atoms with E-state index in [9.17, 15) is 9.59 Å². The van der Waals surface area contributed by atoms with Gasteiger partial charge in [-0.05, 0) is 66.8 Å². The summed E-state index contributed by atoms with van der Waals surface area (Å²) in [6, 6.07) is 19.9. The molecule has 0 saturated carbocycles. The Kier molecular flexibility index (Phi) is 10.8. The predicted octanol–water partition coefficient (Wildman–Crippen LogP) is 6.55. The number of rotatable bonds is 12. The second kappa shape index (κ2) is 14.1. The molecule has 0 bridgehead atoms. The van der Waals surface area contributed by atoms with Crippen molar-refractivity contribution in [3.05, 3.63) is 99.0 Å². The normalized spacial score (nSPS) is 11.6. The number of amides is 2. The highest BCUT2D eigenvalue weighted by molar-refractivity contribution is 6.35. The van der Waals surface area contributed by atoms with E-state index in [1.54, 1.807) is 23.1 Å². The van der Waals surface area contributed by atoms with Crippen LogP contribution in [0.15, 0.2) is 66.7 Å². The van der Waals surface area contributed by atoms with Crippen LogP contribution in [0.2, 0.25) is 10.0 Å². The molecule has 0 aromatic heterocycles. The minimum Gasteiger partial charge on any atom is -0.484 e. The molecule has 1 N–H and O–H groups in total. The first kappa shape index (κ1) is 28.5. The molecule has 0 aliphatic rings. The van der Waals surface area contributed by atoms with Gasteiger partial charge in [0.05, 0.1) is 0 Å². The van der Waals surface area contributed by atoms with Crippen molar-refractivity contribution in [1.29, 1.82) is 0 Å². The first-order chi connectivity index (χ1) is 17.8. The van der Waals surface area contributed by atoms with E-state index in [-0.39, 0.29) is 25.0 Å². The molecule has 0 aliphatic carbocycles. The number of carbonyl (C=O) groups excluding carboxylic acids is 2. The zero-order chi connectivity index (χ0) is 26.8. The molecule has 0 spiro atoms. The number of halogens is 2. The molecule has 5 nitrogen and oxygen atoms in total. The quantitative estimate of drug-likeness (QED) is 0.265. The van der Waals surface area contributed by atoms with Crippen LogP contribution in [-0.2, 0) is 22.6 Å². The van der Waals surface area contributed by atoms with Gasteiger partial charge in [-0.25, -0.2) is 0 Å². The Hall–Kier alpha value is -3.02. The molecule has 196 valence electrons. The number of benzene rings is 3. The van der Waals surface area contributed by atoms with E-state index in [2.05, 4.69) is 12.2 Å². The van der Waals surface area contributed by atoms with Gasteiger partial charge in [0.2, 0.25) is 5.91 Å². The summed E-state index contributed by atoms with van der Waals surface area (Å²) in [5.74, 6) is 0.0984. The SMILES string of the molecule is CCCCNC(=O)[C@H](Cc1ccccc1)N(Cc1ccc(Cl)cc1Cl)C(=O)COc1cc(C)cc(C)c1. The Morgan fingerprint density at radius 1 is 0.973 bits per heavy atom. The lowest BCUT2D eigenvalue weighted by molar-refractivity contribution is -0.142. The highest BCUT2D eigenvalue weighted by Crippen LogP contribution is 2.24. The van der Waals surface area contributed by atoms with E-state index >= 15 is 0 Å². The van der Waals surface area contributed by atoms with E-state index < -0.39 is 6.04 Å². The van der Waals surface area contributed by atoms with Crippen LogP contribution in [-0.4, -0.2) is 35.9 Å². The molecule has 3 aromatic rings. The molecular weight excluding hydrogens is 507 g/mol. The molecule has 0 aliphatic heterocycles. The second-order valence-electron chi connectivity index (χ2n) is 9.22. The molecular formula is C30H34Cl2N2O3. The Morgan fingerprint density at radius 2 is 1.68 bits per heavy atom. The number of aryl methyl sites for hydroxylation is 2. The minimum atomic E-state index is -0.749. The van der Waals surface area contributed by atoms with Gasteiger partial charge in [0.1, 0.15) is 11.8 Å². The molecule has 0 unspecified atom stereocenters. The smallest absolute Gasteiger partial charge is 0.261 e. The standard InChI is InChI=1S/C30H34Cl2N2O3/c1-4-5-13-33-30(36)28(17-23-9-7-6-8-10-23)34(19-24-11-12-25(31)18-27(24)32)29(35)20-37-26-15-21(2)14-22(3)16-26/h6-12,14-16,18,28H,4-5,13,17,19-20H2,1-3H3,(H,33,36)/t28-/m0/s1. The molecule has 3 aromatic carbocycles. The van der Waals surface area contributed by atoms with Crippen LogP contribution in [0.5, 0.6) is 5.75 Å². The summed E-state index contributed by atoms with van der Waals surface area (Å²) in [7, 11) is 0. The Balaban J connectivity index is 1.92. The first-order valence-electron chi connectivity index (χ1n) is 12.5. The monoisotopic (exact) mass is 540 g/mol. The summed E-state index contributed by atoms with van der Waals surface area (Å²) >= 11 is 12.6. The topological polar surface area (TPSA) is 58.6 Å². The molecule has 7 heteroatoms. The molecule has 0 fully saturated rings. The average molecular weight is 542 g/mol. The van der Waals surface area contributed by atoms with Gasteiger partial charge < -0.3 is 15.0 Å². The summed E-state index contributed by atoms with van der Waals surface area (Å²) in [4.78, 5) is 28.7. The van der Waals surface area contributed by atoms with E-state index in [1.807, 2.05) is 62.4 Å². The lowest BCUT2D eigenvalue weighted by Gasteiger charge is -2.32. The van der Waals surface area contributed by atoms with Crippen molar-refractivity contribution in [3.8, 4) is 5.75 Å². The van der Waals surface area contributed by atoms with E-state index in [1.165, 1.54) is 0 Å². The molecule has 2 amide bonds. The lowest BCUT2D eigenvalue weighted by atomic mass is 10.0. The van der Waals surface area contributed by atoms with Gasteiger partial charge in [-0.1, -0.05) is 79.0 Å². The number of carbonyl (C=O) groups is 2. The molecule has 3 rings (SSSR count). The van der Waals surface area contributed by atoms with Crippen LogP contribution in [0, 0.1) is 13.8 Å². The van der Waals surface area contributed by atoms with E-state index in [0.717, 1.165) is 29.5 Å². The maximum atomic E-state index is 13.7. The fourth-order valence-electron chi connectivity index (χ4n) is 4.14. The number of ether oxygens (including phenoxy) is 1. The van der Waals surface area contributed by atoms with Gasteiger partial charge >= 0.3 is 0 Å². The van der Waals surface area contributed by atoms with Crippen LogP contribution >= 0.6 is 23.2 Å². The van der Waals surface area contributed by atoms with Crippen molar-refractivity contribution in [1.82, 2.24) is 10.2 Å². The van der Waals surface area contributed by atoms with Crippen molar-refractivity contribution < 1.29 is 14.3 Å². The van der Waals surface area contributed by atoms with Crippen molar-refractivity contribution in [3.63, 3.8) is 0 Å². The minimum absolute atomic E-state index is 0.143. The summed E-state index contributed by atoms with van der Waals surface area (Å²) < 4.78 is 5.90. The highest BCUT2D eigenvalue weighted by atomic mass is 35.5. The fraction of sp³-hybridized carbons (Fsp3) is 0.333. The Bertz CT molecular complexity index is 1180. The number of nitrogens with zero attached hydrogens (tertiary/aromatic N) is 1. The third kappa shape index (κ3) is 8.80. The van der Waals surface area contributed by atoms with Crippen molar-refractivity contribution in [2.45, 2.75) is 52.6 Å². The highest BCUT2D eigenvalue weighted by Gasteiger charge is 2.31. The zero-order valence-electron chi connectivity index (χ0n) is 21.6. The van der Waals surface area contributed by atoms with E-state index in [4.69, 9.17) is 27.9 Å². The van der Waals surface area contributed by atoms with Crippen molar-refractivity contribution >= 4 is 35.0 Å². The van der Waals surface area contributed by atoms with Gasteiger partial charge in [-0.3, -0.25) is 9.59 Å². The van der Waals surface area contributed by atoms with Gasteiger partial charge in [-0.2, -0.15) is 0 Å². The van der Waals surface area contributed by atoms with Gasteiger partial charge in [0.15, 0.2) is 6.61 Å². The van der Waals surface area contributed by atoms with Crippen LogP contribution in [0.3, 0.4) is 0 Å².